The van der Waals surface area contributed by atoms with Gasteiger partial charge in [0, 0.05) is 31.4 Å². The summed E-state index contributed by atoms with van der Waals surface area (Å²) in [7, 11) is 1.61. The number of hydrogen-bond donors (Lipinski definition) is 1. The van der Waals surface area contributed by atoms with Gasteiger partial charge in [-0.3, -0.25) is 9.47 Å². The van der Waals surface area contributed by atoms with Gasteiger partial charge in [-0.25, -0.2) is 14.8 Å². The van der Waals surface area contributed by atoms with E-state index in [-0.39, 0.29) is 17.9 Å². The zero-order valence-electron chi connectivity index (χ0n) is 19.5. The van der Waals surface area contributed by atoms with Gasteiger partial charge < -0.3 is 14.6 Å². The van der Waals surface area contributed by atoms with Gasteiger partial charge in [0.2, 0.25) is 0 Å². The molecule has 4 aromatic rings. The first-order valence-corrected chi connectivity index (χ1v) is 11.3. The Labute approximate surface area is 196 Å². The molecule has 1 aliphatic rings. The molecule has 0 radical (unpaired) electrons. The Morgan fingerprint density at radius 3 is 2.59 bits per heavy atom. The van der Waals surface area contributed by atoms with Crippen LogP contribution in [0.5, 0.6) is 5.75 Å². The highest BCUT2D eigenvalue weighted by Crippen LogP contribution is 2.23. The van der Waals surface area contributed by atoms with E-state index in [9.17, 15) is 9.90 Å². The molecule has 1 N–H and O–H groups in total. The van der Waals surface area contributed by atoms with E-state index in [1.807, 2.05) is 44.2 Å². The van der Waals surface area contributed by atoms with Crippen molar-refractivity contribution in [2.75, 3.05) is 26.7 Å². The van der Waals surface area contributed by atoms with Gasteiger partial charge in [0.1, 0.15) is 17.7 Å². The van der Waals surface area contributed by atoms with Crippen LogP contribution in [0.15, 0.2) is 47.7 Å². The standard InChI is InChI=1S/C24H28N6O4/c1-15-10-28(11-16(2)34-15)13-21(31)18-8-20-22(25-9-18)29(24(32)30-23(20)26-14-27-30)12-17-4-6-19(33-3)7-5-17/h4-9,14-16,21,31H,10-13H2,1-3H3. The second-order valence-electron chi connectivity index (χ2n) is 8.84. The van der Waals surface area contributed by atoms with Crippen molar-refractivity contribution in [3.8, 4) is 5.75 Å². The molecule has 0 amide bonds. The predicted molar refractivity (Wildman–Crippen MR) is 126 cm³/mol. The Morgan fingerprint density at radius 2 is 1.88 bits per heavy atom. The van der Waals surface area contributed by atoms with E-state index in [4.69, 9.17) is 9.47 Å². The fraction of sp³-hybridized carbons (Fsp3) is 0.417. The molecule has 0 saturated carbocycles. The fourth-order valence-corrected chi connectivity index (χ4v) is 4.65. The van der Waals surface area contributed by atoms with Crippen LogP contribution in [0.3, 0.4) is 0 Å². The molecule has 5 rings (SSSR count). The predicted octanol–water partition coefficient (Wildman–Crippen LogP) is 1.64. The van der Waals surface area contributed by atoms with Crippen molar-refractivity contribution in [3.05, 3.63) is 64.5 Å². The number of aliphatic hydroxyl groups excluding tert-OH is 1. The number of fused-ring (bicyclic) bond motifs is 3. The van der Waals surface area contributed by atoms with Gasteiger partial charge in [-0.15, -0.1) is 0 Å². The maximum absolute atomic E-state index is 13.2. The van der Waals surface area contributed by atoms with Crippen molar-refractivity contribution in [2.24, 2.45) is 0 Å². The van der Waals surface area contributed by atoms with Crippen molar-refractivity contribution < 1.29 is 14.6 Å². The molecule has 1 aliphatic heterocycles. The molecular formula is C24H28N6O4. The highest BCUT2D eigenvalue weighted by Gasteiger charge is 2.25. The lowest BCUT2D eigenvalue weighted by Gasteiger charge is -2.36. The number of aromatic nitrogens is 5. The number of β-amino-alcohol motifs (C(OH)–C–C–N with tert-alkyl or cyclic N) is 1. The second-order valence-corrected chi connectivity index (χ2v) is 8.84. The monoisotopic (exact) mass is 464 g/mol. The van der Waals surface area contributed by atoms with Crippen LogP contribution in [0.4, 0.5) is 0 Å². The second kappa shape index (κ2) is 9.13. The van der Waals surface area contributed by atoms with Crippen molar-refractivity contribution in [3.63, 3.8) is 0 Å². The molecule has 10 nitrogen and oxygen atoms in total. The third kappa shape index (κ3) is 4.27. The molecule has 0 aliphatic carbocycles. The number of morpholine rings is 1. The van der Waals surface area contributed by atoms with Crippen LogP contribution in [0, 0.1) is 0 Å². The van der Waals surface area contributed by atoms with Gasteiger partial charge >= 0.3 is 5.69 Å². The maximum atomic E-state index is 13.2. The lowest BCUT2D eigenvalue weighted by Crippen LogP contribution is -2.46. The summed E-state index contributed by atoms with van der Waals surface area (Å²) in [5, 5.41) is 15.8. The minimum Gasteiger partial charge on any atom is -0.497 e. The normalized spacial score (nSPS) is 20.1. The van der Waals surface area contributed by atoms with Crippen LogP contribution in [0.25, 0.3) is 16.7 Å². The van der Waals surface area contributed by atoms with Gasteiger partial charge in [-0.05, 0) is 37.6 Å². The first kappa shape index (κ1) is 22.5. The molecule has 1 saturated heterocycles. The Bertz CT molecular complexity index is 1360. The Hall–Kier alpha value is -3.34. The highest BCUT2D eigenvalue weighted by molar-refractivity contribution is 5.89. The van der Waals surface area contributed by atoms with E-state index < -0.39 is 6.10 Å². The minimum absolute atomic E-state index is 0.119. The summed E-state index contributed by atoms with van der Waals surface area (Å²) >= 11 is 0. The number of methoxy groups -OCH3 is 1. The molecule has 3 unspecified atom stereocenters. The van der Waals surface area contributed by atoms with E-state index in [0.717, 1.165) is 24.4 Å². The Kier molecular flexibility index (Phi) is 6.03. The molecule has 3 atom stereocenters. The number of aliphatic hydroxyl groups is 1. The summed E-state index contributed by atoms with van der Waals surface area (Å²) in [6.07, 6.45) is 2.49. The van der Waals surface area contributed by atoms with Crippen molar-refractivity contribution in [1.29, 1.82) is 0 Å². The van der Waals surface area contributed by atoms with Gasteiger partial charge in [0.15, 0.2) is 5.65 Å². The van der Waals surface area contributed by atoms with Crippen LogP contribution < -0.4 is 10.4 Å². The van der Waals surface area contributed by atoms with E-state index in [0.29, 0.717) is 35.3 Å². The number of rotatable bonds is 6. The first-order valence-electron chi connectivity index (χ1n) is 11.3. The summed E-state index contributed by atoms with van der Waals surface area (Å²) in [4.78, 5) is 24.3. The molecule has 3 aromatic heterocycles. The summed E-state index contributed by atoms with van der Waals surface area (Å²) < 4.78 is 13.9. The van der Waals surface area contributed by atoms with Crippen LogP contribution in [0.1, 0.15) is 31.1 Å². The average Bonchev–Trinajstić information content (AvgIpc) is 3.32. The minimum atomic E-state index is -0.737. The number of hydrogen-bond acceptors (Lipinski definition) is 8. The molecule has 10 heteroatoms. The maximum Gasteiger partial charge on any atom is 0.352 e. The molecule has 4 heterocycles. The van der Waals surface area contributed by atoms with Crippen LogP contribution in [0.2, 0.25) is 0 Å². The van der Waals surface area contributed by atoms with E-state index in [1.165, 1.54) is 10.8 Å². The summed E-state index contributed by atoms with van der Waals surface area (Å²) in [6, 6.07) is 9.38. The van der Waals surface area contributed by atoms with Gasteiger partial charge in [-0.1, -0.05) is 12.1 Å². The summed E-state index contributed by atoms with van der Waals surface area (Å²) in [6.45, 7) is 6.39. The lowest BCUT2D eigenvalue weighted by molar-refractivity contribution is -0.0767. The zero-order valence-corrected chi connectivity index (χ0v) is 19.5. The largest absolute Gasteiger partial charge is 0.497 e. The highest BCUT2D eigenvalue weighted by atomic mass is 16.5. The third-order valence-corrected chi connectivity index (χ3v) is 6.16. The molecule has 1 aromatic carbocycles. The topological polar surface area (TPSA) is 107 Å². The van der Waals surface area contributed by atoms with Gasteiger partial charge in [-0.2, -0.15) is 9.61 Å². The zero-order chi connectivity index (χ0) is 23.8. The molecule has 34 heavy (non-hydrogen) atoms. The SMILES string of the molecule is COc1ccc(Cn2c(=O)n3ncnc3c3cc(C(O)CN4CC(C)OC(C)C4)cnc32)cc1. The summed E-state index contributed by atoms with van der Waals surface area (Å²) in [5.41, 5.74) is 2.17. The fourth-order valence-electron chi connectivity index (χ4n) is 4.65. The molecule has 178 valence electrons. The van der Waals surface area contributed by atoms with Gasteiger partial charge in [0.05, 0.1) is 37.4 Å². The lowest BCUT2D eigenvalue weighted by atomic mass is 10.1. The van der Waals surface area contributed by atoms with E-state index in [2.05, 4.69) is 20.0 Å². The number of benzene rings is 1. The third-order valence-electron chi connectivity index (χ3n) is 6.16. The quantitative estimate of drug-likeness (QED) is 0.459. The molecular weight excluding hydrogens is 436 g/mol. The van der Waals surface area contributed by atoms with E-state index >= 15 is 0 Å². The molecule has 0 spiro atoms. The van der Waals surface area contributed by atoms with Crippen molar-refractivity contribution in [1.82, 2.24) is 29.0 Å². The molecule has 0 bridgehead atoms. The van der Waals surface area contributed by atoms with Gasteiger partial charge in [0.25, 0.3) is 0 Å². The van der Waals surface area contributed by atoms with E-state index in [1.54, 1.807) is 17.9 Å². The van der Waals surface area contributed by atoms with Crippen LogP contribution in [-0.4, -0.2) is 73.1 Å². The average molecular weight is 465 g/mol. The summed E-state index contributed by atoms with van der Waals surface area (Å²) in [5.74, 6) is 0.744. The number of ether oxygens (including phenoxy) is 2. The Morgan fingerprint density at radius 1 is 1.15 bits per heavy atom. The smallest absolute Gasteiger partial charge is 0.352 e. The van der Waals surface area contributed by atoms with Crippen molar-refractivity contribution >= 4 is 16.7 Å². The van der Waals surface area contributed by atoms with Crippen LogP contribution >= 0.6 is 0 Å². The number of pyridine rings is 1. The van der Waals surface area contributed by atoms with Crippen molar-refractivity contribution in [2.45, 2.75) is 38.7 Å². The molecule has 1 fully saturated rings. The van der Waals surface area contributed by atoms with Crippen LogP contribution in [-0.2, 0) is 11.3 Å². The number of nitrogens with zero attached hydrogens (tertiary/aromatic N) is 6. The Balaban J connectivity index is 1.51. The first-order chi connectivity index (χ1) is 16.4.